The van der Waals surface area contributed by atoms with E-state index < -0.39 is 11.8 Å². The smallest absolute Gasteiger partial charge is 0.269 e. The van der Waals surface area contributed by atoms with Crippen molar-refractivity contribution in [3.8, 4) is 5.75 Å². The fourth-order valence-corrected chi connectivity index (χ4v) is 1.95. The van der Waals surface area contributed by atoms with Crippen molar-refractivity contribution in [2.75, 3.05) is 0 Å². The molecule has 0 aliphatic heterocycles. The van der Waals surface area contributed by atoms with Crippen molar-refractivity contribution in [2.45, 2.75) is 0 Å². The van der Waals surface area contributed by atoms with E-state index in [1.807, 2.05) is 0 Å². The van der Waals surface area contributed by atoms with Crippen LogP contribution in [-0.2, 0) is 0 Å². The lowest BCUT2D eigenvalue weighted by atomic mass is 10.2. The van der Waals surface area contributed by atoms with Crippen LogP contribution in [0.4, 0.5) is 0 Å². The topological polar surface area (TPSA) is 78.4 Å². The zero-order valence-electron chi connectivity index (χ0n) is 10.6. The minimum Gasteiger partial charge on any atom is -0.506 e. The summed E-state index contributed by atoms with van der Waals surface area (Å²) in [5, 5.41) is 9.33. The quantitative estimate of drug-likeness (QED) is 0.712. The molecule has 0 aromatic heterocycles. The van der Waals surface area contributed by atoms with E-state index in [2.05, 4.69) is 26.8 Å². The summed E-state index contributed by atoms with van der Waals surface area (Å²) < 4.78 is 0.849. The number of benzene rings is 2. The summed E-state index contributed by atoms with van der Waals surface area (Å²) in [6.07, 6.45) is 0. The number of nitrogens with one attached hydrogen (secondary N) is 2. The minimum absolute atomic E-state index is 0.0573. The van der Waals surface area contributed by atoms with Gasteiger partial charge >= 0.3 is 0 Å². The van der Waals surface area contributed by atoms with Crippen LogP contribution in [0.2, 0.25) is 5.02 Å². The fourth-order valence-electron chi connectivity index (χ4n) is 1.51. The molecule has 108 valence electrons. The van der Waals surface area contributed by atoms with Crippen LogP contribution >= 0.6 is 27.5 Å². The Bertz CT molecular complexity index is 689. The van der Waals surface area contributed by atoms with E-state index in [9.17, 15) is 14.7 Å². The molecule has 3 N–H and O–H groups in total. The Morgan fingerprint density at radius 1 is 0.952 bits per heavy atom. The van der Waals surface area contributed by atoms with Crippen LogP contribution in [0.25, 0.3) is 0 Å². The van der Waals surface area contributed by atoms with Gasteiger partial charge in [0.05, 0.1) is 5.02 Å². The molecule has 2 aromatic rings. The number of aromatic hydroxyl groups is 1. The molecule has 0 bridgehead atoms. The van der Waals surface area contributed by atoms with Crippen molar-refractivity contribution in [3.05, 3.63) is 63.1 Å². The van der Waals surface area contributed by atoms with E-state index in [0.29, 0.717) is 5.56 Å². The molecular formula is C14H10BrClN2O3. The van der Waals surface area contributed by atoms with Gasteiger partial charge in [0.1, 0.15) is 5.75 Å². The summed E-state index contributed by atoms with van der Waals surface area (Å²) >= 11 is 8.98. The molecule has 0 saturated carbocycles. The second-order valence-corrected chi connectivity index (χ2v) is 5.40. The van der Waals surface area contributed by atoms with Gasteiger partial charge in [-0.3, -0.25) is 20.4 Å². The number of amides is 2. The Hall–Kier alpha value is -2.05. The SMILES string of the molecule is O=C(NNC(=O)c1ccc(O)c(Cl)c1)c1ccc(Br)cc1. The van der Waals surface area contributed by atoms with Gasteiger partial charge < -0.3 is 5.11 Å². The molecule has 2 amide bonds. The molecule has 0 atom stereocenters. The number of phenols is 1. The van der Waals surface area contributed by atoms with E-state index >= 15 is 0 Å². The van der Waals surface area contributed by atoms with Gasteiger partial charge in [0, 0.05) is 15.6 Å². The van der Waals surface area contributed by atoms with Crippen LogP contribution in [0.15, 0.2) is 46.9 Å². The molecule has 0 unspecified atom stereocenters. The first-order chi connectivity index (χ1) is 9.97. The largest absolute Gasteiger partial charge is 0.506 e. The van der Waals surface area contributed by atoms with Gasteiger partial charge in [-0.2, -0.15) is 0 Å². The Balaban J connectivity index is 1.98. The average molecular weight is 370 g/mol. The van der Waals surface area contributed by atoms with Gasteiger partial charge in [-0.25, -0.2) is 0 Å². The Morgan fingerprint density at radius 2 is 1.48 bits per heavy atom. The second-order valence-electron chi connectivity index (χ2n) is 4.08. The van der Waals surface area contributed by atoms with Crippen molar-refractivity contribution in [1.29, 1.82) is 0 Å². The monoisotopic (exact) mass is 368 g/mol. The molecule has 0 aliphatic rings. The maximum atomic E-state index is 11.8. The Kier molecular flexibility index (Phi) is 4.82. The number of hydrazine groups is 1. The molecule has 2 rings (SSSR count). The standard InChI is InChI=1S/C14H10BrClN2O3/c15-10-4-1-8(2-5-10)13(20)17-18-14(21)9-3-6-12(19)11(16)7-9/h1-7,19H,(H,17,20)(H,18,21). The molecule has 0 radical (unpaired) electrons. The Labute approximate surface area is 134 Å². The molecule has 0 fully saturated rings. The van der Waals surface area contributed by atoms with E-state index in [1.165, 1.54) is 18.2 Å². The van der Waals surface area contributed by atoms with E-state index in [0.717, 1.165) is 4.47 Å². The molecule has 0 aliphatic carbocycles. The lowest BCUT2D eigenvalue weighted by molar-refractivity contribution is 0.0846. The number of halogens is 2. The average Bonchev–Trinajstić information content (AvgIpc) is 2.48. The summed E-state index contributed by atoms with van der Waals surface area (Å²) in [6.45, 7) is 0. The highest BCUT2D eigenvalue weighted by Gasteiger charge is 2.10. The van der Waals surface area contributed by atoms with Gasteiger partial charge in [0.25, 0.3) is 11.8 Å². The fraction of sp³-hybridized carbons (Fsp3) is 0. The first-order valence-electron chi connectivity index (χ1n) is 5.82. The molecule has 21 heavy (non-hydrogen) atoms. The third-order valence-corrected chi connectivity index (χ3v) is 3.44. The van der Waals surface area contributed by atoms with Crippen molar-refractivity contribution >= 4 is 39.3 Å². The summed E-state index contributed by atoms with van der Waals surface area (Å²) in [7, 11) is 0. The van der Waals surface area contributed by atoms with E-state index in [1.54, 1.807) is 24.3 Å². The maximum Gasteiger partial charge on any atom is 0.269 e. The summed E-state index contributed by atoms with van der Waals surface area (Å²) in [5.41, 5.74) is 5.18. The molecule has 7 heteroatoms. The molecule has 0 heterocycles. The highest BCUT2D eigenvalue weighted by Crippen LogP contribution is 2.23. The third-order valence-electron chi connectivity index (χ3n) is 2.61. The highest BCUT2D eigenvalue weighted by molar-refractivity contribution is 9.10. The van der Waals surface area contributed by atoms with Gasteiger partial charge in [-0.1, -0.05) is 27.5 Å². The molecule has 2 aromatic carbocycles. The lowest BCUT2D eigenvalue weighted by Crippen LogP contribution is -2.41. The van der Waals surface area contributed by atoms with E-state index in [-0.39, 0.29) is 16.3 Å². The van der Waals surface area contributed by atoms with Crippen molar-refractivity contribution < 1.29 is 14.7 Å². The van der Waals surface area contributed by atoms with Gasteiger partial charge in [-0.15, -0.1) is 0 Å². The molecule has 0 spiro atoms. The Morgan fingerprint density at radius 3 is 2.05 bits per heavy atom. The predicted octanol–water partition coefficient (Wildman–Crippen LogP) is 2.88. The number of hydrogen-bond acceptors (Lipinski definition) is 3. The van der Waals surface area contributed by atoms with Crippen LogP contribution in [0, 0.1) is 0 Å². The van der Waals surface area contributed by atoms with Crippen molar-refractivity contribution in [2.24, 2.45) is 0 Å². The van der Waals surface area contributed by atoms with Crippen LogP contribution in [0.1, 0.15) is 20.7 Å². The summed E-state index contributed by atoms with van der Waals surface area (Å²) in [6, 6.07) is 10.7. The second kappa shape index (κ2) is 6.60. The predicted molar refractivity (Wildman–Crippen MR) is 82.2 cm³/mol. The lowest BCUT2D eigenvalue weighted by Gasteiger charge is -2.08. The van der Waals surface area contributed by atoms with Gasteiger partial charge in [-0.05, 0) is 42.5 Å². The van der Waals surface area contributed by atoms with Crippen LogP contribution in [0.3, 0.4) is 0 Å². The maximum absolute atomic E-state index is 11.8. The number of hydrogen-bond donors (Lipinski definition) is 3. The van der Waals surface area contributed by atoms with Crippen LogP contribution in [0.5, 0.6) is 5.75 Å². The molecule has 0 saturated heterocycles. The van der Waals surface area contributed by atoms with Crippen LogP contribution in [-0.4, -0.2) is 16.9 Å². The number of carbonyl (C=O) groups excluding carboxylic acids is 2. The number of carbonyl (C=O) groups is 2. The van der Waals surface area contributed by atoms with E-state index in [4.69, 9.17) is 11.6 Å². The molecule has 5 nitrogen and oxygen atoms in total. The third kappa shape index (κ3) is 3.96. The van der Waals surface area contributed by atoms with Crippen molar-refractivity contribution in [1.82, 2.24) is 10.9 Å². The zero-order chi connectivity index (χ0) is 15.4. The zero-order valence-corrected chi connectivity index (χ0v) is 12.9. The molecular weight excluding hydrogens is 360 g/mol. The normalized spacial score (nSPS) is 10.0. The summed E-state index contributed by atoms with van der Waals surface area (Å²) in [5.74, 6) is -1.10. The van der Waals surface area contributed by atoms with Gasteiger partial charge in [0.15, 0.2) is 0 Å². The van der Waals surface area contributed by atoms with Gasteiger partial charge in [0.2, 0.25) is 0 Å². The first kappa shape index (κ1) is 15.3. The summed E-state index contributed by atoms with van der Waals surface area (Å²) in [4.78, 5) is 23.6. The number of phenolic OH excluding ortho intramolecular Hbond substituents is 1. The van der Waals surface area contributed by atoms with Crippen molar-refractivity contribution in [3.63, 3.8) is 0 Å². The van der Waals surface area contributed by atoms with Crippen LogP contribution < -0.4 is 10.9 Å². The first-order valence-corrected chi connectivity index (χ1v) is 6.99. The minimum atomic E-state index is -0.539. The highest BCUT2D eigenvalue weighted by atomic mass is 79.9. The number of rotatable bonds is 2.